The number of rotatable bonds is 8. The number of hydrogen-bond acceptors (Lipinski definition) is 5. The number of halogens is 1. The first kappa shape index (κ1) is 20.7. The number of aliphatic hydroxyl groups is 1. The van der Waals surface area contributed by atoms with Crippen molar-refractivity contribution in [2.24, 2.45) is 0 Å². The van der Waals surface area contributed by atoms with Gasteiger partial charge in [-0.15, -0.1) is 11.6 Å². The molecule has 8 heteroatoms. The highest BCUT2D eigenvalue weighted by atomic mass is 35.5. The van der Waals surface area contributed by atoms with Gasteiger partial charge in [0.25, 0.3) is 0 Å². The summed E-state index contributed by atoms with van der Waals surface area (Å²) in [4.78, 5) is 34.6. The van der Waals surface area contributed by atoms with Gasteiger partial charge in [0.05, 0.1) is 11.1 Å². The molecule has 136 valence electrons. The molecule has 0 aromatic heterocycles. The predicted octanol–water partition coefficient (Wildman–Crippen LogP) is 2.97. The van der Waals surface area contributed by atoms with Crippen LogP contribution in [-0.2, 0) is 9.53 Å². The SMILES string of the molecule is C=C(C)C(=O)OC(O)(CCC)C(Cl)c1cccc(C(=O)O)c1C(=O)O. The number of ether oxygens (including phenoxy) is 1. The molecule has 0 spiro atoms. The Balaban J connectivity index is 3.48. The van der Waals surface area contributed by atoms with Gasteiger partial charge in [0.15, 0.2) is 0 Å². The van der Waals surface area contributed by atoms with Crippen LogP contribution >= 0.6 is 11.6 Å². The molecule has 1 rings (SSSR count). The van der Waals surface area contributed by atoms with Crippen LogP contribution < -0.4 is 0 Å². The standard InChI is InChI=1S/C17H19ClO7/c1-4-8-17(24,25-16(23)9(2)3)13(18)10-6-5-7-11(14(19)20)12(10)15(21)22/h5-7,13,24H,2,4,8H2,1,3H3,(H,19,20)(H,21,22). The van der Waals surface area contributed by atoms with Gasteiger partial charge < -0.3 is 20.1 Å². The van der Waals surface area contributed by atoms with E-state index in [9.17, 15) is 29.7 Å². The first-order chi connectivity index (χ1) is 11.5. The smallest absolute Gasteiger partial charge is 0.336 e. The molecule has 0 saturated carbocycles. The van der Waals surface area contributed by atoms with Gasteiger partial charge in [0.2, 0.25) is 5.79 Å². The number of carboxylic acid groups (broad SMARTS) is 2. The van der Waals surface area contributed by atoms with E-state index in [2.05, 4.69) is 6.58 Å². The van der Waals surface area contributed by atoms with Crippen LogP contribution in [0.2, 0.25) is 0 Å². The van der Waals surface area contributed by atoms with E-state index < -0.39 is 40.2 Å². The minimum Gasteiger partial charge on any atom is -0.478 e. The molecule has 2 unspecified atom stereocenters. The van der Waals surface area contributed by atoms with Crippen LogP contribution in [0.15, 0.2) is 30.4 Å². The Labute approximate surface area is 149 Å². The van der Waals surface area contributed by atoms with Crippen molar-refractivity contribution in [3.05, 3.63) is 47.0 Å². The second-order valence-electron chi connectivity index (χ2n) is 5.51. The van der Waals surface area contributed by atoms with E-state index in [-0.39, 0.29) is 17.6 Å². The number of benzene rings is 1. The number of carbonyl (C=O) groups excluding carboxylic acids is 1. The van der Waals surface area contributed by atoms with Crippen molar-refractivity contribution >= 4 is 29.5 Å². The lowest BCUT2D eigenvalue weighted by Crippen LogP contribution is -2.40. The normalized spacial score (nSPS) is 14.2. The molecule has 0 bridgehead atoms. The average molecular weight is 371 g/mol. The molecule has 0 saturated heterocycles. The van der Waals surface area contributed by atoms with E-state index in [4.69, 9.17) is 16.3 Å². The summed E-state index contributed by atoms with van der Waals surface area (Å²) in [7, 11) is 0. The summed E-state index contributed by atoms with van der Waals surface area (Å²) in [5, 5.41) is 27.8. The average Bonchev–Trinajstić information content (AvgIpc) is 2.53. The van der Waals surface area contributed by atoms with Crippen molar-refractivity contribution < 1.29 is 34.4 Å². The summed E-state index contributed by atoms with van der Waals surface area (Å²) in [5.74, 6) is -6.11. The van der Waals surface area contributed by atoms with E-state index in [0.717, 1.165) is 6.07 Å². The Morgan fingerprint density at radius 3 is 2.32 bits per heavy atom. The third kappa shape index (κ3) is 4.58. The summed E-state index contributed by atoms with van der Waals surface area (Å²) in [6.45, 7) is 6.50. The number of esters is 1. The lowest BCUT2D eigenvalue weighted by molar-refractivity contribution is -0.209. The Bertz CT molecular complexity index is 713. The fourth-order valence-electron chi connectivity index (χ4n) is 2.28. The second-order valence-corrected chi connectivity index (χ2v) is 5.94. The zero-order chi connectivity index (χ0) is 19.4. The van der Waals surface area contributed by atoms with Gasteiger partial charge in [-0.1, -0.05) is 25.6 Å². The van der Waals surface area contributed by atoms with Gasteiger partial charge in [-0.25, -0.2) is 14.4 Å². The molecule has 0 amide bonds. The molecular formula is C17H19ClO7. The first-order valence-corrected chi connectivity index (χ1v) is 7.83. The number of hydrogen-bond donors (Lipinski definition) is 3. The highest BCUT2D eigenvalue weighted by Crippen LogP contribution is 2.39. The molecular weight excluding hydrogens is 352 g/mol. The van der Waals surface area contributed by atoms with Crippen LogP contribution in [0.1, 0.15) is 58.3 Å². The minimum absolute atomic E-state index is 0.0242. The number of carbonyl (C=O) groups is 3. The first-order valence-electron chi connectivity index (χ1n) is 7.40. The van der Waals surface area contributed by atoms with Crippen LogP contribution in [0.5, 0.6) is 0 Å². The molecule has 0 fully saturated rings. The topological polar surface area (TPSA) is 121 Å². The van der Waals surface area contributed by atoms with Crippen LogP contribution in [0.3, 0.4) is 0 Å². The summed E-state index contributed by atoms with van der Waals surface area (Å²) < 4.78 is 5.04. The monoisotopic (exact) mass is 370 g/mol. The largest absolute Gasteiger partial charge is 0.478 e. The van der Waals surface area contributed by atoms with E-state index in [0.29, 0.717) is 6.42 Å². The molecule has 0 heterocycles. The lowest BCUT2D eigenvalue weighted by atomic mass is 9.93. The minimum atomic E-state index is -2.23. The van der Waals surface area contributed by atoms with Crippen LogP contribution in [0.25, 0.3) is 0 Å². The maximum atomic E-state index is 11.8. The molecule has 25 heavy (non-hydrogen) atoms. The maximum absolute atomic E-state index is 11.8. The van der Waals surface area contributed by atoms with E-state index in [1.54, 1.807) is 6.92 Å². The van der Waals surface area contributed by atoms with Gasteiger partial charge in [-0.2, -0.15) is 0 Å². The number of alkyl halides is 1. The van der Waals surface area contributed by atoms with E-state index >= 15 is 0 Å². The van der Waals surface area contributed by atoms with Gasteiger partial charge in [0, 0.05) is 12.0 Å². The van der Waals surface area contributed by atoms with Gasteiger partial charge >= 0.3 is 17.9 Å². The molecule has 1 aromatic rings. The molecule has 7 nitrogen and oxygen atoms in total. The zero-order valence-corrected chi connectivity index (χ0v) is 14.5. The third-order valence-electron chi connectivity index (χ3n) is 3.44. The molecule has 0 aliphatic carbocycles. The Kier molecular flexibility index (Phi) is 6.72. The van der Waals surface area contributed by atoms with Crippen molar-refractivity contribution in [2.45, 2.75) is 37.9 Å². The highest BCUT2D eigenvalue weighted by molar-refractivity contribution is 6.22. The molecule has 0 aliphatic rings. The summed E-state index contributed by atoms with van der Waals surface area (Å²) >= 11 is 6.25. The van der Waals surface area contributed by atoms with Crippen LogP contribution in [0, 0.1) is 0 Å². The Morgan fingerprint density at radius 2 is 1.88 bits per heavy atom. The van der Waals surface area contributed by atoms with Crippen molar-refractivity contribution in [3.8, 4) is 0 Å². The van der Waals surface area contributed by atoms with Gasteiger partial charge in [-0.05, 0) is 25.0 Å². The molecule has 0 radical (unpaired) electrons. The maximum Gasteiger partial charge on any atom is 0.336 e. The summed E-state index contributed by atoms with van der Waals surface area (Å²) in [6, 6.07) is 3.67. The van der Waals surface area contributed by atoms with Gasteiger partial charge in [-0.3, -0.25) is 0 Å². The van der Waals surface area contributed by atoms with Crippen molar-refractivity contribution in [1.82, 2.24) is 0 Å². The zero-order valence-electron chi connectivity index (χ0n) is 13.8. The van der Waals surface area contributed by atoms with Crippen molar-refractivity contribution in [3.63, 3.8) is 0 Å². The number of carboxylic acids is 2. The Morgan fingerprint density at radius 1 is 1.28 bits per heavy atom. The molecule has 1 aromatic carbocycles. The fourth-order valence-corrected chi connectivity index (χ4v) is 2.61. The Hall–Kier alpha value is -2.38. The van der Waals surface area contributed by atoms with Crippen LogP contribution in [-0.4, -0.2) is 39.0 Å². The quantitative estimate of drug-likeness (QED) is 0.278. The second kappa shape index (κ2) is 8.13. The molecule has 0 aliphatic heterocycles. The fraction of sp³-hybridized carbons (Fsp3) is 0.353. The third-order valence-corrected chi connectivity index (χ3v) is 4.01. The van der Waals surface area contributed by atoms with Crippen molar-refractivity contribution in [2.75, 3.05) is 0 Å². The predicted molar refractivity (Wildman–Crippen MR) is 89.7 cm³/mol. The molecule has 3 N–H and O–H groups in total. The van der Waals surface area contributed by atoms with E-state index in [1.807, 2.05) is 0 Å². The van der Waals surface area contributed by atoms with Gasteiger partial charge in [0.1, 0.15) is 5.38 Å². The lowest BCUT2D eigenvalue weighted by Gasteiger charge is -2.33. The summed E-state index contributed by atoms with van der Waals surface area (Å²) in [6.07, 6.45) is 0.279. The summed E-state index contributed by atoms with van der Waals surface area (Å²) in [5.41, 5.74) is -1.20. The van der Waals surface area contributed by atoms with E-state index in [1.165, 1.54) is 19.1 Å². The van der Waals surface area contributed by atoms with Crippen molar-refractivity contribution in [1.29, 1.82) is 0 Å². The number of aromatic carboxylic acids is 2. The van der Waals surface area contributed by atoms with Crippen LogP contribution in [0.4, 0.5) is 0 Å². The highest BCUT2D eigenvalue weighted by Gasteiger charge is 2.42. The molecule has 2 atom stereocenters.